The molecule has 2 aromatic carbocycles. The SMILES string of the molecule is C[C@H](NS(=O)(=O)c1cc(Cl)cc(Cl)c1)c1ccccc1. The van der Waals surface area contributed by atoms with Gasteiger partial charge in [-0.3, -0.25) is 0 Å². The summed E-state index contributed by atoms with van der Waals surface area (Å²) in [6, 6.07) is 13.2. The maximum absolute atomic E-state index is 12.3. The average molecular weight is 330 g/mol. The summed E-state index contributed by atoms with van der Waals surface area (Å²) in [4.78, 5) is 0.0535. The molecule has 0 aliphatic rings. The van der Waals surface area contributed by atoms with Crippen LogP contribution in [0.1, 0.15) is 18.5 Å². The lowest BCUT2D eigenvalue weighted by atomic mass is 10.1. The Labute approximate surface area is 128 Å². The van der Waals surface area contributed by atoms with Gasteiger partial charge in [0.05, 0.1) is 4.90 Å². The van der Waals surface area contributed by atoms with Crippen LogP contribution < -0.4 is 4.72 Å². The van der Waals surface area contributed by atoms with Crippen LogP contribution in [0.25, 0.3) is 0 Å². The van der Waals surface area contributed by atoms with Crippen LogP contribution in [0, 0.1) is 0 Å². The Hall–Kier alpha value is -1.07. The summed E-state index contributed by atoms with van der Waals surface area (Å²) in [5, 5.41) is 0.565. The summed E-state index contributed by atoms with van der Waals surface area (Å²) in [5.41, 5.74) is 0.879. The molecule has 0 unspecified atom stereocenters. The van der Waals surface area contributed by atoms with Gasteiger partial charge in [0.15, 0.2) is 0 Å². The summed E-state index contributed by atoms with van der Waals surface area (Å²) in [5.74, 6) is 0. The predicted molar refractivity (Wildman–Crippen MR) is 81.6 cm³/mol. The highest BCUT2D eigenvalue weighted by molar-refractivity contribution is 7.89. The largest absolute Gasteiger partial charge is 0.241 e. The van der Waals surface area contributed by atoms with E-state index in [4.69, 9.17) is 23.2 Å². The summed E-state index contributed by atoms with van der Waals surface area (Å²) in [6.07, 6.45) is 0. The zero-order valence-corrected chi connectivity index (χ0v) is 13.0. The fourth-order valence-electron chi connectivity index (χ4n) is 1.79. The minimum atomic E-state index is -3.67. The first kappa shape index (κ1) is 15.3. The lowest BCUT2D eigenvalue weighted by Crippen LogP contribution is -2.26. The number of halogens is 2. The fourth-order valence-corrected chi connectivity index (χ4v) is 3.75. The molecule has 0 heterocycles. The Kier molecular flexibility index (Phi) is 4.70. The highest BCUT2D eigenvalue weighted by Gasteiger charge is 2.19. The van der Waals surface area contributed by atoms with Crippen LogP contribution in [0.3, 0.4) is 0 Å². The van der Waals surface area contributed by atoms with Crippen LogP contribution in [-0.4, -0.2) is 8.42 Å². The second kappa shape index (κ2) is 6.14. The highest BCUT2D eigenvalue weighted by atomic mass is 35.5. The van der Waals surface area contributed by atoms with Gasteiger partial charge in [0, 0.05) is 16.1 Å². The van der Waals surface area contributed by atoms with E-state index in [0.29, 0.717) is 0 Å². The number of nitrogens with one attached hydrogen (secondary N) is 1. The second-order valence-electron chi connectivity index (χ2n) is 4.36. The van der Waals surface area contributed by atoms with Crippen molar-refractivity contribution < 1.29 is 8.42 Å². The molecule has 6 heteroatoms. The minimum Gasteiger partial charge on any atom is -0.207 e. The monoisotopic (exact) mass is 329 g/mol. The van der Waals surface area contributed by atoms with E-state index < -0.39 is 10.0 Å². The molecule has 0 saturated carbocycles. The lowest BCUT2D eigenvalue weighted by Gasteiger charge is -2.15. The normalized spacial score (nSPS) is 13.2. The van der Waals surface area contributed by atoms with E-state index >= 15 is 0 Å². The van der Waals surface area contributed by atoms with Crippen molar-refractivity contribution in [3.05, 3.63) is 64.1 Å². The van der Waals surface area contributed by atoms with Crippen LogP contribution in [-0.2, 0) is 10.0 Å². The topological polar surface area (TPSA) is 46.2 Å². The Morgan fingerprint density at radius 3 is 2.10 bits per heavy atom. The van der Waals surface area contributed by atoms with E-state index in [-0.39, 0.29) is 21.0 Å². The maximum atomic E-state index is 12.3. The Morgan fingerprint density at radius 1 is 1.00 bits per heavy atom. The summed E-state index contributed by atoms with van der Waals surface area (Å²) in [7, 11) is -3.67. The second-order valence-corrected chi connectivity index (χ2v) is 6.95. The molecule has 2 rings (SSSR count). The van der Waals surface area contributed by atoms with Crippen molar-refractivity contribution in [1.29, 1.82) is 0 Å². The predicted octanol–water partition coefficient (Wildman–Crippen LogP) is 4.03. The van der Waals surface area contributed by atoms with Gasteiger partial charge in [0.1, 0.15) is 0 Å². The summed E-state index contributed by atoms with van der Waals surface area (Å²) < 4.78 is 27.2. The minimum absolute atomic E-state index is 0.0535. The molecule has 0 spiro atoms. The molecular formula is C14H13Cl2NO2S. The molecule has 0 bridgehead atoms. The fraction of sp³-hybridized carbons (Fsp3) is 0.143. The number of sulfonamides is 1. The molecule has 20 heavy (non-hydrogen) atoms. The molecule has 0 aliphatic heterocycles. The van der Waals surface area contributed by atoms with Gasteiger partial charge in [-0.15, -0.1) is 0 Å². The van der Waals surface area contributed by atoms with Gasteiger partial charge < -0.3 is 0 Å². The summed E-state index contributed by atoms with van der Waals surface area (Å²) >= 11 is 11.7. The molecule has 1 atom stereocenters. The van der Waals surface area contributed by atoms with Gasteiger partial charge in [-0.25, -0.2) is 13.1 Å². The van der Waals surface area contributed by atoms with Crippen LogP contribution in [0.2, 0.25) is 10.0 Å². The number of hydrogen-bond donors (Lipinski definition) is 1. The van der Waals surface area contributed by atoms with Crippen molar-refractivity contribution in [3.63, 3.8) is 0 Å². The van der Waals surface area contributed by atoms with Gasteiger partial charge in [-0.1, -0.05) is 53.5 Å². The van der Waals surface area contributed by atoms with Crippen molar-refractivity contribution >= 4 is 33.2 Å². The van der Waals surface area contributed by atoms with Gasteiger partial charge in [-0.2, -0.15) is 0 Å². The first-order valence-electron chi connectivity index (χ1n) is 5.92. The maximum Gasteiger partial charge on any atom is 0.241 e. The van der Waals surface area contributed by atoms with Crippen molar-refractivity contribution in [2.24, 2.45) is 0 Å². The van der Waals surface area contributed by atoms with Gasteiger partial charge in [0.25, 0.3) is 0 Å². The molecule has 0 amide bonds. The Balaban J connectivity index is 2.27. The molecule has 0 radical (unpaired) electrons. The Bertz CT molecular complexity index is 682. The van der Waals surface area contributed by atoms with Gasteiger partial charge in [-0.05, 0) is 30.7 Å². The van der Waals surface area contributed by atoms with E-state index in [9.17, 15) is 8.42 Å². The van der Waals surface area contributed by atoms with Crippen LogP contribution in [0.4, 0.5) is 0 Å². The molecule has 106 valence electrons. The van der Waals surface area contributed by atoms with Crippen molar-refractivity contribution in [2.75, 3.05) is 0 Å². The number of rotatable bonds is 4. The Morgan fingerprint density at radius 2 is 1.55 bits per heavy atom. The molecule has 0 saturated heterocycles. The van der Waals surface area contributed by atoms with E-state index in [1.54, 1.807) is 6.92 Å². The lowest BCUT2D eigenvalue weighted by molar-refractivity contribution is 0.567. The third-order valence-electron chi connectivity index (χ3n) is 2.78. The van der Waals surface area contributed by atoms with E-state index in [1.165, 1.54) is 18.2 Å². The molecule has 1 N–H and O–H groups in total. The zero-order valence-electron chi connectivity index (χ0n) is 10.7. The van der Waals surface area contributed by atoms with E-state index in [2.05, 4.69) is 4.72 Å². The van der Waals surface area contributed by atoms with Crippen molar-refractivity contribution in [1.82, 2.24) is 4.72 Å². The summed E-state index contributed by atoms with van der Waals surface area (Å²) in [6.45, 7) is 1.78. The number of hydrogen-bond acceptors (Lipinski definition) is 2. The zero-order chi connectivity index (χ0) is 14.8. The smallest absolute Gasteiger partial charge is 0.207 e. The molecular weight excluding hydrogens is 317 g/mol. The highest BCUT2D eigenvalue weighted by Crippen LogP contribution is 2.23. The van der Waals surface area contributed by atoms with Gasteiger partial charge in [0.2, 0.25) is 10.0 Å². The average Bonchev–Trinajstić information content (AvgIpc) is 2.38. The number of benzene rings is 2. The van der Waals surface area contributed by atoms with Crippen molar-refractivity contribution in [3.8, 4) is 0 Å². The van der Waals surface area contributed by atoms with Crippen molar-refractivity contribution in [2.45, 2.75) is 17.9 Å². The third kappa shape index (κ3) is 3.73. The van der Waals surface area contributed by atoms with Gasteiger partial charge >= 0.3 is 0 Å². The van der Waals surface area contributed by atoms with E-state index in [1.807, 2.05) is 30.3 Å². The quantitative estimate of drug-likeness (QED) is 0.920. The molecule has 0 fully saturated rings. The standard InChI is InChI=1S/C14H13Cl2NO2S/c1-10(11-5-3-2-4-6-11)17-20(18,19)14-8-12(15)7-13(16)9-14/h2-10,17H,1H3/t10-/m0/s1. The van der Waals surface area contributed by atoms with Crippen LogP contribution in [0.5, 0.6) is 0 Å². The molecule has 0 aromatic heterocycles. The molecule has 3 nitrogen and oxygen atoms in total. The van der Waals surface area contributed by atoms with E-state index in [0.717, 1.165) is 5.56 Å². The first-order valence-corrected chi connectivity index (χ1v) is 8.16. The molecule has 2 aromatic rings. The van der Waals surface area contributed by atoms with Crippen LogP contribution >= 0.6 is 23.2 Å². The first-order chi connectivity index (χ1) is 9.38. The third-order valence-corrected chi connectivity index (χ3v) is 4.73. The molecule has 0 aliphatic carbocycles. The van der Waals surface area contributed by atoms with Crippen LogP contribution in [0.15, 0.2) is 53.4 Å².